The summed E-state index contributed by atoms with van der Waals surface area (Å²) < 4.78 is 27.3. The Kier molecular flexibility index (Phi) is 3.53. The van der Waals surface area contributed by atoms with Crippen LogP contribution < -0.4 is 4.31 Å². The zero-order chi connectivity index (χ0) is 15.9. The van der Waals surface area contributed by atoms with E-state index in [9.17, 15) is 13.2 Å². The van der Waals surface area contributed by atoms with E-state index in [0.29, 0.717) is 12.0 Å². The SMILES string of the molecule is CC(=O)c1ccc(S(=O)(=O)N2c3ccccc3C[C@@H]2C)cc1. The number of carbonyl (C=O) groups excluding carboxylic acids is 1. The van der Waals surface area contributed by atoms with Gasteiger partial charge in [-0.05, 0) is 44.0 Å². The molecule has 0 radical (unpaired) electrons. The molecule has 3 rings (SSSR count). The highest BCUT2D eigenvalue weighted by atomic mass is 32.2. The maximum absolute atomic E-state index is 12.9. The van der Waals surface area contributed by atoms with Crippen molar-refractivity contribution in [2.45, 2.75) is 31.2 Å². The normalized spacial score (nSPS) is 17.4. The van der Waals surface area contributed by atoms with Gasteiger partial charge in [0, 0.05) is 11.6 Å². The Bertz CT molecular complexity index is 825. The Balaban J connectivity index is 2.05. The summed E-state index contributed by atoms with van der Waals surface area (Å²) in [6.07, 6.45) is 0.709. The molecule has 0 bridgehead atoms. The predicted molar refractivity (Wildman–Crippen MR) is 85.7 cm³/mol. The summed E-state index contributed by atoms with van der Waals surface area (Å²) >= 11 is 0. The number of Topliss-reactive ketones (excluding diaryl/α,β-unsaturated/α-hetero) is 1. The first-order chi connectivity index (χ1) is 10.4. The van der Waals surface area contributed by atoms with Crippen LogP contribution in [-0.4, -0.2) is 20.2 Å². The Morgan fingerprint density at radius 2 is 1.73 bits per heavy atom. The van der Waals surface area contributed by atoms with Crippen molar-refractivity contribution in [2.75, 3.05) is 4.31 Å². The highest BCUT2D eigenvalue weighted by molar-refractivity contribution is 7.92. The van der Waals surface area contributed by atoms with Gasteiger partial charge in [0.1, 0.15) is 0 Å². The van der Waals surface area contributed by atoms with E-state index in [1.54, 1.807) is 12.1 Å². The number of sulfonamides is 1. The van der Waals surface area contributed by atoms with Crippen molar-refractivity contribution in [3.05, 3.63) is 59.7 Å². The molecule has 1 aliphatic heterocycles. The van der Waals surface area contributed by atoms with Crippen LogP contribution in [0.3, 0.4) is 0 Å². The zero-order valence-corrected chi connectivity index (χ0v) is 13.3. The number of hydrogen-bond acceptors (Lipinski definition) is 3. The second kappa shape index (κ2) is 5.25. The van der Waals surface area contributed by atoms with Gasteiger partial charge >= 0.3 is 0 Å². The number of para-hydroxylation sites is 1. The topological polar surface area (TPSA) is 54.5 Å². The van der Waals surface area contributed by atoms with Gasteiger partial charge in [-0.25, -0.2) is 8.42 Å². The molecule has 0 N–H and O–H groups in total. The molecule has 0 saturated heterocycles. The van der Waals surface area contributed by atoms with E-state index in [2.05, 4.69) is 0 Å². The van der Waals surface area contributed by atoms with Crippen LogP contribution in [0.2, 0.25) is 0 Å². The lowest BCUT2D eigenvalue weighted by Crippen LogP contribution is -2.35. The van der Waals surface area contributed by atoms with Crippen molar-refractivity contribution in [2.24, 2.45) is 0 Å². The molecule has 0 spiro atoms. The quantitative estimate of drug-likeness (QED) is 0.818. The predicted octanol–water partition coefficient (Wildman–Crippen LogP) is 3.03. The summed E-state index contributed by atoms with van der Waals surface area (Å²) in [5.74, 6) is -0.0798. The lowest BCUT2D eigenvalue weighted by Gasteiger charge is -2.24. The van der Waals surface area contributed by atoms with Crippen molar-refractivity contribution in [1.82, 2.24) is 0 Å². The summed E-state index contributed by atoms with van der Waals surface area (Å²) in [5, 5.41) is 0. The van der Waals surface area contributed by atoms with E-state index in [0.717, 1.165) is 11.3 Å². The third kappa shape index (κ3) is 2.31. The van der Waals surface area contributed by atoms with E-state index in [-0.39, 0.29) is 16.7 Å². The van der Waals surface area contributed by atoms with Gasteiger partial charge in [0.15, 0.2) is 5.78 Å². The fourth-order valence-electron chi connectivity index (χ4n) is 2.88. The van der Waals surface area contributed by atoms with Gasteiger partial charge in [0.05, 0.1) is 10.6 Å². The van der Waals surface area contributed by atoms with E-state index in [4.69, 9.17) is 0 Å². The monoisotopic (exact) mass is 315 g/mol. The van der Waals surface area contributed by atoms with Crippen molar-refractivity contribution >= 4 is 21.5 Å². The van der Waals surface area contributed by atoms with Crippen LogP contribution in [0.5, 0.6) is 0 Å². The third-order valence-corrected chi connectivity index (χ3v) is 5.90. The van der Waals surface area contributed by atoms with E-state index in [1.807, 2.05) is 31.2 Å². The second-order valence-electron chi connectivity index (χ2n) is 5.56. The van der Waals surface area contributed by atoms with Crippen molar-refractivity contribution in [3.63, 3.8) is 0 Å². The largest absolute Gasteiger partial charge is 0.295 e. The maximum atomic E-state index is 12.9. The maximum Gasteiger partial charge on any atom is 0.264 e. The minimum absolute atomic E-state index is 0.0798. The number of rotatable bonds is 3. The molecule has 0 fully saturated rings. The number of fused-ring (bicyclic) bond motifs is 1. The molecule has 4 nitrogen and oxygen atoms in total. The molecule has 5 heteroatoms. The Morgan fingerprint density at radius 1 is 1.09 bits per heavy atom. The molecule has 0 saturated carbocycles. The molecule has 22 heavy (non-hydrogen) atoms. The average Bonchev–Trinajstić information content (AvgIpc) is 2.83. The van der Waals surface area contributed by atoms with Crippen LogP contribution >= 0.6 is 0 Å². The standard InChI is InChI=1S/C17H17NO3S/c1-12-11-15-5-3-4-6-17(15)18(12)22(20,21)16-9-7-14(8-10-16)13(2)19/h3-10,12H,11H2,1-2H3/t12-/m0/s1. The molecule has 2 aromatic rings. The van der Waals surface area contributed by atoms with E-state index < -0.39 is 10.0 Å². The van der Waals surface area contributed by atoms with E-state index >= 15 is 0 Å². The summed E-state index contributed by atoms with van der Waals surface area (Å²) in [4.78, 5) is 11.5. The Labute approximate surface area is 130 Å². The van der Waals surface area contributed by atoms with Crippen molar-refractivity contribution < 1.29 is 13.2 Å². The van der Waals surface area contributed by atoms with Gasteiger partial charge in [0.2, 0.25) is 0 Å². The van der Waals surface area contributed by atoms with E-state index in [1.165, 1.54) is 23.4 Å². The molecule has 114 valence electrons. The second-order valence-corrected chi connectivity index (χ2v) is 7.38. The number of benzene rings is 2. The molecule has 2 aromatic carbocycles. The number of anilines is 1. The van der Waals surface area contributed by atoms with Crippen molar-refractivity contribution in [3.8, 4) is 0 Å². The summed E-state index contributed by atoms with van der Waals surface area (Å²) in [5.41, 5.74) is 2.29. The third-order valence-electron chi connectivity index (χ3n) is 3.96. The molecular formula is C17H17NO3S. The van der Waals surface area contributed by atoms with Gasteiger partial charge in [-0.1, -0.05) is 30.3 Å². The van der Waals surface area contributed by atoms with Crippen LogP contribution in [0.4, 0.5) is 5.69 Å². The molecule has 1 aliphatic rings. The molecule has 0 unspecified atom stereocenters. The van der Waals surface area contributed by atoms with Crippen LogP contribution in [-0.2, 0) is 16.4 Å². The van der Waals surface area contributed by atoms with Crippen molar-refractivity contribution in [1.29, 1.82) is 0 Å². The fourth-order valence-corrected chi connectivity index (χ4v) is 4.57. The molecule has 1 atom stereocenters. The minimum atomic E-state index is -3.62. The average molecular weight is 315 g/mol. The van der Waals surface area contributed by atoms with Gasteiger partial charge in [-0.2, -0.15) is 0 Å². The van der Waals surface area contributed by atoms with Gasteiger partial charge in [-0.3, -0.25) is 9.10 Å². The molecular weight excluding hydrogens is 298 g/mol. The molecule has 0 amide bonds. The first kappa shape index (κ1) is 14.8. The first-order valence-corrected chi connectivity index (χ1v) is 8.58. The zero-order valence-electron chi connectivity index (χ0n) is 12.5. The first-order valence-electron chi connectivity index (χ1n) is 7.14. The lowest BCUT2D eigenvalue weighted by molar-refractivity contribution is 0.101. The van der Waals surface area contributed by atoms with Gasteiger partial charge in [0.25, 0.3) is 10.0 Å². The number of nitrogens with zero attached hydrogens (tertiary/aromatic N) is 1. The minimum Gasteiger partial charge on any atom is -0.295 e. The summed E-state index contributed by atoms with van der Waals surface area (Å²) in [6, 6.07) is 13.6. The fraction of sp³-hybridized carbons (Fsp3) is 0.235. The Hall–Kier alpha value is -2.14. The highest BCUT2D eigenvalue weighted by Gasteiger charge is 2.35. The summed E-state index contributed by atoms with van der Waals surface area (Å²) in [6.45, 7) is 3.36. The van der Waals surface area contributed by atoms with Crippen LogP contribution in [0.25, 0.3) is 0 Å². The van der Waals surface area contributed by atoms with Crippen LogP contribution in [0, 0.1) is 0 Å². The molecule has 1 heterocycles. The number of ketones is 1. The number of carbonyl (C=O) groups is 1. The highest BCUT2D eigenvalue weighted by Crippen LogP contribution is 2.36. The Morgan fingerprint density at radius 3 is 2.36 bits per heavy atom. The van der Waals surface area contributed by atoms with Crippen LogP contribution in [0.1, 0.15) is 29.8 Å². The lowest BCUT2D eigenvalue weighted by atomic mass is 10.1. The number of hydrogen-bond donors (Lipinski definition) is 0. The molecule has 0 aliphatic carbocycles. The van der Waals surface area contributed by atoms with Gasteiger partial charge < -0.3 is 0 Å². The van der Waals surface area contributed by atoms with Crippen LogP contribution in [0.15, 0.2) is 53.4 Å². The van der Waals surface area contributed by atoms with Gasteiger partial charge in [-0.15, -0.1) is 0 Å². The summed E-state index contributed by atoms with van der Waals surface area (Å²) in [7, 11) is -3.62. The molecule has 0 aromatic heterocycles. The smallest absolute Gasteiger partial charge is 0.264 e.